The Labute approximate surface area is 228 Å². The Hall–Kier alpha value is -3.59. The fraction of sp³-hybridized carbons (Fsp3) is 0.314. The maximum atomic E-state index is 14.1. The Balaban J connectivity index is 1.97. The van der Waals surface area contributed by atoms with Crippen LogP contribution in [0.5, 0.6) is 0 Å². The molecule has 1 atom stereocenters. The normalized spacial score (nSPS) is 12.2. The van der Waals surface area contributed by atoms with Crippen molar-refractivity contribution in [3.05, 3.63) is 109 Å². The van der Waals surface area contributed by atoms with E-state index in [1.807, 2.05) is 36.4 Å². The predicted molar refractivity (Wildman–Crippen MR) is 162 cm³/mol. The first kappa shape index (κ1) is 27.4. The summed E-state index contributed by atoms with van der Waals surface area (Å²) in [7, 11) is 0. The van der Waals surface area contributed by atoms with E-state index < -0.39 is 0 Å². The highest BCUT2D eigenvalue weighted by atomic mass is 19.1. The molecule has 0 fully saturated rings. The van der Waals surface area contributed by atoms with E-state index in [0.717, 1.165) is 52.3 Å². The Bertz CT molecular complexity index is 1330. The smallest absolute Gasteiger partial charge is 0.123 e. The van der Waals surface area contributed by atoms with Crippen molar-refractivity contribution >= 4 is 11.4 Å². The molecular formula is C35H41FN2. The highest BCUT2D eigenvalue weighted by Crippen LogP contribution is 2.45. The number of hydrogen-bond donors (Lipinski definition) is 1. The van der Waals surface area contributed by atoms with Gasteiger partial charge in [-0.25, -0.2) is 4.39 Å². The lowest BCUT2D eigenvalue weighted by Gasteiger charge is -2.21. The zero-order valence-electron chi connectivity index (χ0n) is 23.5. The van der Waals surface area contributed by atoms with Crippen LogP contribution in [0, 0.1) is 17.7 Å². The SMILES string of the molecule is C=C(Nc1ccccc1)c1c(-c2ccccc2)c(-c2ccc(F)cc2)n(CC[C@@H](C)CC(C)C)c1C(C)C. The lowest BCUT2D eigenvalue weighted by atomic mass is 9.93. The molecule has 2 nitrogen and oxygen atoms in total. The maximum absolute atomic E-state index is 14.1. The molecule has 38 heavy (non-hydrogen) atoms. The highest BCUT2D eigenvalue weighted by molar-refractivity contribution is 5.95. The number of nitrogens with zero attached hydrogens (tertiary/aromatic N) is 1. The van der Waals surface area contributed by atoms with Gasteiger partial charge in [-0.2, -0.15) is 0 Å². The Kier molecular flexibility index (Phi) is 8.89. The summed E-state index contributed by atoms with van der Waals surface area (Å²) in [5.74, 6) is 1.31. The van der Waals surface area contributed by atoms with E-state index in [1.54, 1.807) is 12.1 Å². The number of benzene rings is 3. The summed E-state index contributed by atoms with van der Waals surface area (Å²) in [4.78, 5) is 0. The number of anilines is 1. The Morgan fingerprint density at radius 1 is 0.816 bits per heavy atom. The average molecular weight is 509 g/mol. The van der Waals surface area contributed by atoms with Gasteiger partial charge in [0.25, 0.3) is 0 Å². The number of hydrogen-bond acceptors (Lipinski definition) is 1. The maximum Gasteiger partial charge on any atom is 0.123 e. The third kappa shape index (κ3) is 6.27. The molecule has 4 rings (SSSR count). The van der Waals surface area contributed by atoms with Crippen molar-refractivity contribution < 1.29 is 4.39 Å². The molecule has 0 bridgehead atoms. The first-order valence-corrected chi connectivity index (χ1v) is 13.8. The largest absolute Gasteiger partial charge is 0.355 e. The van der Waals surface area contributed by atoms with Crippen LogP contribution in [-0.4, -0.2) is 4.57 Å². The predicted octanol–water partition coefficient (Wildman–Crippen LogP) is 10.2. The van der Waals surface area contributed by atoms with Gasteiger partial charge in [-0.15, -0.1) is 0 Å². The van der Waals surface area contributed by atoms with Crippen LogP contribution < -0.4 is 5.32 Å². The number of rotatable bonds is 11. The lowest BCUT2D eigenvalue weighted by Crippen LogP contribution is -2.12. The average Bonchev–Trinajstić information content (AvgIpc) is 3.24. The quantitative estimate of drug-likeness (QED) is 0.213. The van der Waals surface area contributed by atoms with Crippen molar-refractivity contribution in [3.63, 3.8) is 0 Å². The fourth-order valence-electron chi connectivity index (χ4n) is 5.60. The van der Waals surface area contributed by atoms with Crippen LogP contribution in [0.3, 0.4) is 0 Å². The molecule has 0 aliphatic rings. The van der Waals surface area contributed by atoms with Crippen molar-refractivity contribution in [1.29, 1.82) is 0 Å². The molecule has 0 saturated heterocycles. The van der Waals surface area contributed by atoms with E-state index in [9.17, 15) is 4.39 Å². The fourth-order valence-corrected chi connectivity index (χ4v) is 5.60. The summed E-state index contributed by atoms with van der Waals surface area (Å²) in [5.41, 5.74) is 8.69. The van der Waals surface area contributed by atoms with Crippen molar-refractivity contribution in [2.75, 3.05) is 5.32 Å². The van der Waals surface area contributed by atoms with Gasteiger partial charge < -0.3 is 9.88 Å². The van der Waals surface area contributed by atoms with Gasteiger partial charge in [-0.05, 0) is 78.1 Å². The third-order valence-corrected chi connectivity index (χ3v) is 7.12. The molecule has 3 heteroatoms. The minimum Gasteiger partial charge on any atom is -0.355 e. The van der Waals surface area contributed by atoms with E-state index >= 15 is 0 Å². The molecule has 1 aromatic heterocycles. The second-order valence-corrected chi connectivity index (χ2v) is 11.2. The zero-order chi connectivity index (χ0) is 27.2. The molecule has 4 aromatic rings. The molecule has 1 N–H and O–H groups in total. The molecule has 3 aromatic carbocycles. The molecule has 1 heterocycles. The minimum atomic E-state index is -0.224. The van der Waals surface area contributed by atoms with Crippen LogP contribution in [-0.2, 0) is 6.54 Å². The number of halogens is 1. The van der Waals surface area contributed by atoms with Crippen molar-refractivity contribution in [2.45, 2.75) is 59.9 Å². The summed E-state index contributed by atoms with van der Waals surface area (Å²) in [5, 5.41) is 3.59. The van der Waals surface area contributed by atoms with Crippen LogP contribution >= 0.6 is 0 Å². The molecule has 0 saturated carbocycles. The Morgan fingerprint density at radius 2 is 1.42 bits per heavy atom. The van der Waals surface area contributed by atoms with Crippen molar-refractivity contribution in [2.24, 2.45) is 11.8 Å². The zero-order valence-corrected chi connectivity index (χ0v) is 23.5. The molecular weight excluding hydrogens is 467 g/mol. The van der Waals surface area contributed by atoms with Crippen LogP contribution in [0.25, 0.3) is 28.1 Å². The van der Waals surface area contributed by atoms with Gasteiger partial charge in [0.1, 0.15) is 5.82 Å². The van der Waals surface area contributed by atoms with Crippen molar-refractivity contribution in [3.8, 4) is 22.4 Å². The molecule has 198 valence electrons. The summed E-state index contributed by atoms with van der Waals surface area (Å²) in [6.07, 6.45) is 2.28. The second kappa shape index (κ2) is 12.3. The first-order chi connectivity index (χ1) is 18.3. The Morgan fingerprint density at radius 3 is 2.00 bits per heavy atom. The molecule has 0 unspecified atom stereocenters. The van der Waals surface area contributed by atoms with Gasteiger partial charge in [0.2, 0.25) is 0 Å². The van der Waals surface area contributed by atoms with E-state index in [1.165, 1.54) is 12.1 Å². The number of para-hydroxylation sites is 1. The van der Waals surface area contributed by atoms with Gasteiger partial charge >= 0.3 is 0 Å². The monoisotopic (exact) mass is 508 g/mol. The van der Waals surface area contributed by atoms with E-state index in [4.69, 9.17) is 0 Å². The van der Waals surface area contributed by atoms with Crippen molar-refractivity contribution in [1.82, 2.24) is 4.57 Å². The van der Waals surface area contributed by atoms with Crippen LogP contribution in [0.1, 0.15) is 64.6 Å². The molecule has 0 amide bonds. The summed E-state index contributed by atoms with van der Waals surface area (Å²) in [6, 6.07) is 27.7. The lowest BCUT2D eigenvalue weighted by molar-refractivity contribution is 0.391. The summed E-state index contributed by atoms with van der Waals surface area (Å²) < 4.78 is 16.5. The standard InChI is InChI=1S/C35H41FN2/c1-24(2)23-26(5)21-22-38-34(25(3)4)32(27(6)37-31-15-11-8-12-16-31)33(28-13-9-7-10-14-28)35(38)29-17-19-30(36)20-18-29/h7-20,24-26,37H,6,21-23H2,1-5H3/t26-/m1/s1. The summed E-state index contributed by atoms with van der Waals surface area (Å²) >= 11 is 0. The van der Waals surface area contributed by atoms with Gasteiger partial charge in [0.15, 0.2) is 0 Å². The number of nitrogens with one attached hydrogen (secondary N) is 1. The van der Waals surface area contributed by atoms with Crippen LogP contribution in [0.4, 0.5) is 10.1 Å². The first-order valence-electron chi connectivity index (χ1n) is 13.8. The van der Waals surface area contributed by atoms with E-state index in [-0.39, 0.29) is 11.7 Å². The van der Waals surface area contributed by atoms with Crippen LogP contribution in [0.2, 0.25) is 0 Å². The van der Waals surface area contributed by atoms with Crippen LogP contribution in [0.15, 0.2) is 91.5 Å². The molecule has 0 aliphatic carbocycles. The minimum absolute atomic E-state index is 0.224. The topological polar surface area (TPSA) is 17.0 Å². The molecule has 0 radical (unpaired) electrons. The van der Waals surface area contributed by atoms with E-state index in [0.29, 0.717) is 11.8 Å². The molecule has 0 aliphatic heterocycles. The molecule has 0 spiro atoms. The second-order valence-electron chi connectivity index (χ2n) is 11.2. The van der Waals surface area contributed by atoms with E-state index in [2.05, 4.69) is 87.5 Å². The van der Waals surface area contributed by atoms with Gasteiger partial charge in [-0.1, -0.05) is 89.7 Å². The third-order valence-electron chi connectivity index (χ3n) is 7.12. The van der Waals surface area contributed by atoms with Gasteiger partial charge in [0.05, 0.1) is 5.69 Å². The number of aromatic nitrogens is 1. The van der Waals surface area contributed by atoms with Gasteiger partial charge in [-0.3, -0.25) is 0 Å². The van der Waals surface area contributed by atoms with Gasteiger partial charge in [0, 0.05) is 34.8 Å². The highest BCUT2D eigenvalue weighted by Gasteiger charge is 2.28. The summed E-state index contributed by atoms with van der Waals surface area (Å²) in [6.45, 7) is 16.9.